The highest BCUT2D eigenvalue weighted by atomic mass is 32.2. The van der Waals surface area contributed by atoms with Gasteiger partial charge in [-0.05, 0) is 19.8 Å². The van der Waals surface area contributed by atoms with Crippen LogP contribution in [0.4, 0.5) is 5.82 Å². The lowest BCUT2D eigenvalue weighted by molar-refractivity contribution is -0.113. The number of H-pyrrole nitrogens is 1. The fourth-order valence-corrected chi connectivity index (χ4v) is 5.52. The summed E-state index contributed by atoms with van der Waals surface area (Å²) in [6.07, 6.45) is 10.1. The predicted octanol–water partition coefficient (Wildman–Crippen LogP) is 3.28. The van der Waals surface area contributed by atoms with Crippen LogP contribution in [0.1, 0.15) is 73.1 Å². The van der Waals surface area contributed by atoms with Crippen LogP contribution < -0.4 is 10.9 Å². The van der Waals surface area contributed by atoms with Crippen LogP contribution in [0.25, 0.3) is 0 Å². The van der Waals surface area contributed by atoms with Crippen LogP contribution in [-0.4, -0.2) is 31.2 Å². The predicted molar refractivity (Wildman–Crippen MR) is 107 cm³/mol. The van der Waals surface area contributed by atoms with Crippen molar-refractivity contribution in [3.63, 3.8) is 0 Å². The van der Waals surface area contributed by atoms with Gasteiger partial charge in [-0.2, -0.15) is 5.10 Å². The molecule has 2 aromatic heterocycles. The maximum Gasteiger partial charge on any atom is 0.270 e. The lowest BCUT2D eigenvalue weighted by Crippen LogP contribution is -2.20. The number of nitrogens with one attached hydrogen (secondary N) is 2. The number of thioether (sulfide) groups is 1. The number of nitrogens with zero attached hydrogens (tertiary/aromatic N) is 3. The van der Waals surface area contributed by atoms with Crippen molar-refractivity contribution in [1.82, 2.24) is 19.6 Å². The molecule has 1 atom stereocenters. The van der Waals surface area contributed by atoms with E-state index in [-0.39, 0.29) is 22.8 Å². The molecule has 3 heterocycles. The van der Waals surface area contributed by atoms with E-state index in [4.69, 9.17) is 0 Å². The number of aryl methyl sites for hydroxylation is 2. The first-order valence-electron chi connectivity index (χ1n) is 9.80. The van der Waals surface area contributed by atoms with Crippen molar-refractivity contribution in [2.24, 2.45) is 7.05 Å². The van der Waals surface area contributed by atoms with E-state index in [0.717, 1.165) is 36.9 Å². The van der Waals surface area contributed by atoms with Gasteiger partial charge in [-0.15, -0.1) is 11.8 Å². The smallest absolute Gasteiger partial charge is 0.270 e. The number of anilines is 1. The van der Waals surface area contributed by atoms with E-state index in [1.807, 2.05) is 24.9 Å². The Kier molecular flexibility index (Phi) is 5.16. The largest absolute Gasteiger partial charge is 0.310 e. The van der Waals surface area contributed by atoms with Gasteiger partial charge in [0.1, 0.15) is 5.82 Å². The quantitative estimate of drug-likeness (QED) is 0.825. The highest BCUT2D eigenvalue weighted by Crippen LogP contribution is 2.42. The summed E-state index contributed by atoms with van der Waals surface area (Å²) in [7, 11) is 1.88. The summed E-state index contributed by atoms with van der Waals surface area (Å²) in [6.45, 7) is 1.95. The zero-order valence-electron chi connectivity index (χ0n) is 16.0. The zero-order valence-corrected chi connectivity index (χ0v) is 16.8. The Morgan fingerprint density at radius 1 is 1.15 bits per heavy atom. The van der Waals surface area contributed by atoms with Crippen molar-refractivity contribution < 1.29 is 4.79 Å². The van der Waals surface area contributed by atoms with Gasteiger partial charge < -0.3 is 5.32 Å². The molecule has 7 nitrogen and oxygen atoms in total. The first-order valence-corrected chi connectivity index (χ1v) is 10.9. The molecule has 0 aromatic carbocycles. The van der Waals surface area contributed by atoms with Crippen LogP contribution in [0.3, 0.4) is 0 Å². The molecule has 1 aliphatic heterocycles. The van der Waals surface area contributed by atoms with E-state index in [2.05, 4.69) is 15.5 Å². The molecule has 2 N–H and O–H groups in total. The first-order chi connectivity index (χ1) is 13.0. The average Bonchev–Trinajstić information content (AvgIpc) is 3.01. The van der Waals surface area contributed by atoms with Crippen molar-refractivity contribution >= 4 is 23.5 Å². The summed E-state index contributed by atoms with van der Waals surface area (Å²) in [5.41, 5.74) is 2.45. The second kappa shape index (κ2) is 7.58. The Labute approximate surface area is 162 Å². The molecule has 1 aliphatic carbocycles. The van der Waals surface area contributed by atoms with Gasteiger partial charge in [-0.25, -0.2) is 0 Å². The topological polar surface area (TPSA) is 84.7 Å². The van der Waals surface area contributed by atoms with E-state index in [1.54, 1.807) is 4.68 Å². The summed E-state index contributed by atoms with van der Waals surface area (Å²) in [5, 5.41) is 10.3. The van der Waals surface area contributed by atoms with Gasteiger partial charge in [-0.3, -0.25) is 24.1 Å². The lowest BCUT2D eigenvalue weighted by atomic mass is 9.97. The van der Waals surface area contributed by atoms with Crippen LogP contribution in [-0.2, 0) is 11.8 Å². The molecule has 2 aromatic rings. The Balaban J connectivity index is 1.79. The van der Waals surface area contributed by atoms with Crippen LogP contribution in [0.5, 0.6) is 0 Å². The average molecular weight is 390 g/mol. The van der Waals surface area contributed by atoms with Crippen molar-refractivity contribution in [1.29, 1.82) is 0 Å². The number of carbonyl (C=O) groups is 1. The fourth-order valence-electron chi connectivity index (χ4n) is 4.33. The third-order valence-corrected chi connectivity index (χ3v) is 6.89. The monoisotopic (exact) mass is 389 g/mol. The highest BCUT2D eigenvalue weighted by molar-refractivity contribution is 8.00. The summed E-state index contributed by atoms with van der Waals surface area (Å²) in [4.78, 5) is 25.4. The molecule has 0 unspecified atom stereocenters. The zero-order chi connectivity index (χ0) is 19.0. The summed E-state index contributed by atoms with van der Waals surface area (Å²) >= 11 is 1.50. The SMILES string of the molecule is Cc1nn(C)cc1[C@@H]1SCC(=O)Nc2c1c(=O)[nH]n2C1CCCCCCC1. The van der Waals surface area contributed by atoms with E-state index in [1.165, 1.54) is 31.0 Å². The number of hydrogen-bond donors (Lipinski definition) is 2. The minimum atomic E-state index is -0.189. The van der Waals surface area contributed by atoms with Crippen molar-refractivity contribution in [3.05, 3.63) is 33.4 Å². The Bertz CT molecular complexity index is 889. The van der Waals surface area contributed by atoms with E-state index in [9.17, 15) is 9.59 Å². The first kappa shape index (κ1) is 18.4. The third kappa shape index (κ3) is 3.59. The fraction of sp³-hybridized carbons (Fsp3) is 0.632. The molecule has 146 valence electrons. The molecule has 0 saturated heterocycles. The molecule has 1 fully saturated rings. The number of rotatable bonds is 2. The van der Waals surface area contributed by atoms with Crippen LogP contribution in [0, 0.1) is 6.92 Å². The summed E-state index contributed by atoms with van der Waals surface area (Å²) < 4.78 is 3.72. The van der Waals surface area contributed by atoms with E-state index >= 15 is 0 Å². The third-order valence-electron chi connectivity index (χ3n) is 5.64. The Morgan fingerprint density at radius 3 is 2.52 bits per heavy atom. The van der Waals surface area contributed by atoms with Gasteiger partial charge in [0.05, 0.1) is 28.3 Å². The number of aromatic amines is 1. The highest BCUT2D eigenvalue weighted by Gasteiger charge is 2.33. The van der Waals surface area contributed by atoms with Gasteiger partial charge in [0.15, 0.2) is 0 Å². The molecule has 0 spiro atoms. The van der Waals surface area contributed by atoms with E-state index in [0.29, 0.717) is 17.1 Å². The molecular weight excluding hydrogens is 362 g/mol. The number of aromatic nitrogens is 4. The molecule has 1 amide bonds. The van der Waals surface area contributed by atoms with Crippen LogP contribution in [0.15, 0.2) is 11.0 Å². The van der Waals surface area contributed by atoms with Gasteiger partial charge in [0.2, 0.25) is 5.91 Å². The Hall–Kier alpha value is -1.96. The maximum atomic E-state index is 13.0. The van der Waals surface area contributed by atoms with Crippen molar-refractivity contribution in [2.75, 3.05) is 11.1 Å². The summed E-state index contributed by atoms with van der Waals surface area (Å²) in [5.74, 6) is 0.940. The Morgan fingerprint density at radius 2 is 1.85 bits per heavy atom. The summed E-state index contributed by atoms with van der Waals surface area (Å²) in [6, 6.07) is 0.237. The molecule has 27 heavy (non-hydrogen) atoms. The van der Waals surface area contributed by atoms with Gasteiger partial charge in [0, 0.05) is 18.8 Å². The normalized spacial score (nSPS) is 21.9. The molecule has 0 bridgehead atoms. The molecule has 8 heteroatoms. The minimum absolute atomic E-state index is 0.0520. The van der Waals surface area contributed by atoms with E-state index < -0.39 is 0 Å². The van der Waals surface area contributed by atoms with Gasteiger partial charge >= 0.3 is 0 Å². The molecule has 1 saturated carbocycles. The number of hydrogen-bond acceptors (Lipinski definition) is 4. The standard InChI is InChI=1S/C19H27N5O2S/c1-12-14(10-23(2)21-12)17-16-18(20-15(25)11-27-17)24(22-19(16)26)13-8-6-4-3-5-7-9-13/h10,13,17H,3-9,11H2,1-2H3,(H,20,25)(H,22,26)/t17-/m0/s1. The molecule has 4 rings (SSSR count). The minimum Gasteiger partial charge on any atom is -0.310 e. The lowest BCUT2D eigenvalue weighted by Gasteiger charge is -2.23. The number of carbonyl (C=O) groups excluding carboxylic acids is 1. The molecule has 2 aliphatic rings. The van der Waals surface area contributed by atoms with Crippen molar-refractivity contribution in [2.45, 2.75) is 63.2 Å². The molecular formula is C19H27N5O2S. The van der Waals surface area contributed by atoms with Gasteiger partial charge in [-0.1, -0.05) is 32.1 Å². The van der Waals surface area contributed by atoms with Crippen LogP contribution >= 0.6 is 11.8 Å². The second-order valence-corrected chi connectivity index (χ2v) is 8.75. The maximum absolute atomic E-state index is 13.0. The number of amides is 1. The second-order valence-electron chi connectivity index (χ2n) is 7.65. The number of fused-ring (bicyclic) bond motifs is 1. The molecule has 0 radical (unpaired) electrons. The van der Waals surface area contributed by atoms with Crippen LogP contribution in [0.2, 0.25) is 0 Å². The van der Waals surface area contributed by atoms with Crippen molar-refractivity contribution in [3.8, 4) is 0 Å². The van der Waals surface area contributed by atoms with Gasteiger partial charge in [0.25, 0.3) is 5.56 Å².